The molecule has 10 heteroatoms. The van der Waals surface area contributed by atoms with Crippen LogP contribution in [0.25, 0.3) is 21.5 Å². The maximum absolute atomic E-state index is 11.9. The first-order valence-corrected chi connectivity index (χ1v) is 14.5. The molecule has 0 bridgehead atoms. The molecule has 0 spiro atoms. The zero-order valence-corrected chi connectivity index (χ0v) is 21.6. The fourth-order valence-corrected chi connectivity index (χ4v) is 5.68. The van der Waals surface area contributed by atoms with Crippen LogP contribution in [0.4, 0.5) is 0 Å². The number of hydrogen-bond donors (Lipinski definition) is 0. The number of thiophene rings is 2. The Labute approximate surface area is 211 Å². The van der Waals surface area contributed by atoms with Crippen molar-refractivity contribution in [3.8, 4) is 21.5 Å². The topological polar surface area (TPSA) is 89.4 Å². The third kappa shape index (κ3) is 5.46. The van der Waals surface area contributed by atoms with Crippen molar-refractivity contribution in [3.63, 3.8) is 0 Å². The molecule has 35 heavy (non-hydrogen) atoms. The number of rotatable bonds is 9. The Balaban J connectivity index is 1.41. The Hall–Kier alpha value is -3.05. The Morgan fingerprint density at radius 3 is 1.80 bits per heavy atom. The van der Waals surface area contributed by atoms with Crippen molar-refractivity contribution in [3.05, 3.63) is 88.8 Å². The first-order valence-electron chi connectivity index (χ1n) is 10.9. The molecule has 1 aromatic carbocycles. The molecule has 0 amide bonds. The van der Waals surface area contributed by atoms with Gasteiger partial charge in [0.25, 0.3) is 0 Å². The highest BCUT2D eigenvalue weighted by Gasteiger charge is 2.21. The van der Waals surface area contributed by atoms with Crippen LogP contribution < -0.4 is 0 Å². The quantitative estimate of drug-likeness (QED) is 0.223. The monoisotopic (exact) mass is 525 g/mol. The van der Waals surface area contributed by atoms with Crippen LogP contribution in [-0.4, -0.2) is 29.5 Å². The van der Waals surface area contributed by atoms with E-state index in [-0.39, 0.29) is 6.04 Å². The minimum Gasteiger partial charge on any atom is -0.444 e. The number of benzene rings is 1. The first kappa shape index (κ1) is 23.7. The van der Waals surface area contributed by atoms with Crippen LogP contribution in [0, 0.1) is 0 Å². The molecule has 0 unspecified atom stereocenters. The lowest BCUT2D eigenvalue weighted by Crippen LogP contribution is -2.26. The fourth-order valence-electron chi connectivity index (χ4n) is 3.74. The summed E-state index contributed by atoms with van der Waals surface area (Å²) in [5.41, 5.74) is 2.59. The van der Waals surface area contributed by atoms with Crippen LogP contribution in [0.3, 0.4) is 0 Å². The third-order valence-electron chi connectivity index (χ3n) is 5.64. The average molecular weight is 526 g/mol. The van der Waals surface area contributed by atoms with E-state index in [0.29, 0.717) is 29.8 Å². The third-order valence-corrected chi connectivity index (χ3v) is 8.48. The second-order valence-corrected chi connectivity index (χ2v) is 12.1. The molecule has 180 valence electrons. The lowest BCUT2D eigenvalue weighted by molar-refractivity contribution is 0.187. The maximum atomic E-state index is 11.9. The smallest absolute Gasteiger partial charge is 0.236 e. The Bertz CT molecular complexity index is 1410. The minimum absolute atomic E-state index is 0.0487. The van der Waals surface area contributed by atoms with Crippen molar-refractivity contribution in [1.82, 2.24) is 14.9 Å². The Morgan fingerprint density at radius 2 is 1.37 bits per heavy atom. The molecule has 0 saturated heterocycles. The van der Waals surface area contributed by atoms with Crippen LogP contribution >= 0.6 is 22.7 Å². The van der Waals surface area contributed by atoms with Gasteiger partial charge in [-0.15, -0.1) is 22.7 Å². The van der Waals surface area contributed by atoms with E-state index in [0.717, 1.165) is 26.7 Å². The van der Waals surface area contributed by atoms with Crippen molar-refractivity contribution in [2.24, 2.45) is 0 Å². The number of oxazole rings is 2. The normalized spacial score (nSPS) is 12.9. The van der Waals surface area contributed by atoms with Gasteiger partial charge in [0.05, 0.1) is 26.0 Å². The van der Waals surface area contributed by atoms with Crippen LogP contribution in [0.2, 0.25) is 0 Å². The predicted octanol–water partition coefficient (Wildman–Crippen LogP) is 6.29. The summed E-state index contributed by atoms with van der Waals surface area (Å²) in [6.07, 6.45) is 4.58. The van der Waals surface area contributed by atoms with Crippen molar-refractivity contribution in [2.45, 2.75) is 31.0 Å². The van der Waals surface area contributed by atoms with Gasteiger partial charge in [0.2, 0.25) is 11.8 Å². The van der Waals surface area contributed by atoms with E-state index in [1.54, 1.807) is 47.3 Å². The predicted molar refractivity (Wildman–Crippen MR) is 137 cm³/mol. The molecular formula is C25H23N3O4S3. The number of hydrogen-bond acceptors (Lipinski definition) is 9. The molecule has 0 saturated carbocycles. The van der Waals surface area contributed by atoms with Gasteiger partial charge in [-0.25, -0.2) is 18.4 Å². The van der Waals surface area contributed by atoms with E-state index in [1.165, 1.54) is 6.26 Å². The van der Waals surface area contributed by atoms with Gasteiger partial charge in [-0.05, 0) is 47.5 Å². The van der Waals surface area contributed by atoms with Gasteiger partial charge in [-0.3, -0.25) is 4.90 Å². The van der Waals surface area contributed by atoms with Gasteiger partial charge in [-0.1, -0.05) is 24.3 Å². The van der Waals surface area contributed by atoms with Gasteiger partial charge in [0.15, 0.2) is 9.84 Å². The molecule has 5 aromatic rings. The molecule has 4 heterocycles. The fraction of sp³-hybridized carbons (Fsp3) is 0.200. The second-order valence-electron chi connectivity index (χ2n) is 8.16. The lowest BCUT2D eigenvalue weighted by atomic mass is 10.1. The molecule has 0 aliphatic rings. The van der Waals surface area contributed by atoms with Crippen molar-refractivity contribution >= 4 is 32.5 Å². The van der Waals surface area contributed by atoms with Gasteiger partial charge in [0, 0.05) is 25.4 Å². The summed E-state index contributed by atoms with van der Waals surface area (Å²) >= 11 is 3.16. The average Bonchev–Trinajstić information content (AvgIpc) is 3.64. The summed E-state index contributed by atoms with van der Waals surface area (Å²) in [4.78, 5) is 13.8. The second kappa shape index (κ2) is 9.90. The van der Waals surface area contributed by atoms with Crippen molar-refractivity contribution in [1.29, 1.82) is 0 Å². The molecule has 0 aliphatic carbocycles. The van der Waals surface area contributed by atoms with Crippen LogP contribution in [-0.2, 0) is 22.9 Å². The molecule has 0 fully saturated rings. The minimum atomic E-state index is -3.26. The van der Waals surface area contributed by atoms with Gasteiger partial charge < -0.3 is 8.83 Å². The summed E-state index contributed by atoms with van der Waals surface area (Å²) in [5.74, 6) is 1.20. The largest absolute Gasteiger partial charge is 0.444 e. The molecule has 0 aliphatic heterocycles. The van der Waals surface area contributed by atoms with Gasteiger partial charge in [-0.2, -0.15) is 0 Å². The summed E-state index contributed by atoms with van der Waals surface area (Å²) in [7, 11) is -3.26. The first-order chi connectivity index (χ1) is 16.9. The van der Waals surface area contributed by atoms with E-state index in [9.17, 15) is 8.42 Å². The van der Waals surface area contributed by atoms with Crippen LogP contribution in [0.15, 0.2) is 85.5 Å². The Kier molecular flexibility index (Phi) is 6.70. The van der Waals surface area contributed by atoms with Crippen molar-refractivity contribution < 1.29 is 17.3 Å². The number of aromatic nitrogens is 2. The van der Waals surface area contributed by atoms with Gasteiger partial charge in [0.1, 0.15) is 12.5 Å². The molecular weight excluding hydrogens is 502 g/mol. The van der Waals surface area contributed by atoms with Crippen LogP contribution in [0.5, 0.6) is 0 Å². The SMILES string of the molecule is C[C@H](c1ccc(S(C)(=O)=O)cc1)N(Cc1coc(-c2cccs2)n1)Cc1coc(-c2cccs2)n1. The van der Waals surface area contributed by atoms with E-state index >= 15 is 0 Å². The van der Waals surface area contributed by atoms with E-state index in [1.807, 2.05) is 47.2 Å². The highest BCUT2D eigenvalue weighted by atomic mass is 32.2. The van der Waals surface area contributed by atoms with Crippen molar-refractivity contribution in [2.75, 3.05) is 6.26 Å². The highest BCUT2D eigenvalue weighted by Crippen LogP contribution is 2.29. The maximum Gasteiger partial charge on any atom is 0.236 e. The zero-order chi connectivity index (χ0) is 24.4. The molecule has 5 rings (SSSR count). The van der Waals surface area contributed by atoms with E-state index < -0.39 is 9.84 Å². The molecule has 4 aromatic heterocycles. The number of nitrogens with zero attached hydrogens (tertiary/aromatic N) is 3. The summed E-state index contributed by atoms with van der Waals surface area (Å²) in [5, 5.41) is 3.98. The van der Waals surface area contributed by atoms with Crippen LogP contribution in [0.1, 0.15) is 29.9 Å². The summed E-state index contributed by atoms with van der Waals surface area (Å²) in [6, 6.07) is 14.8. The zero-order valence-electron chi connectivity index (χ0n) is 19.1. The highest BCUT2D eigenvalue weighted by molar-refractivity contribution is 7.90. The summed E-state index contributed by atoms with van der Waals surface area (Å²) < 4.78 is 35.2. The number of sulfone groups is 1. The Morgan fingerprint density at radius 1 is 0.857 bits per heavy atom. The summed E-state index contributed by atoms with van der Waals surface area (Å²) in [6.45, 7) is 3.12. The lowest BCUT2D eigenvalue weighted by Gasteiger charge is -2.28. The van der Waals surface area contributed by atoms with Gasteiger partial charge >= 0.3 is 0 Å². The van der Waals surface area contributed by atoms with E-state index in [2.05, 4.69) is 21.8 Å². The molecule has 1 atom stereocenters. The standard InChI is InChI=1S/C25H23N3O4S3/c1-17(18-7-9-21(10-8-18)35(2,29)30)28(13-19-15-31-24(26-19)22-5-3-11-33-22)14-20-16-32-25(27-20)23-6-4-12-34-23/h3-12,15-17H,13-14H2,1-2H3/t17-/m1/s1. The molecule has 0 N–H and O–H groups in total. The van der Waals surface area contributed by atoms with E-state index in [4.69, 9.17) is 8.83 Å². The molecule has 0 radical (unpaired) electrons. The molecule has 7 nitrogen and oxygen atoms in total.